The third kappa shape index (κ3) is 5.48. The minimum absolute atomic E-state index is 0.0694. The lowest BCUT2D eigenvalue weighted by Gasteiger charge is -2.43. The number of ketones is 1. The highest BCUT2D eigenvalue weighted by molar-refractivity contribution is 6.01. The first-order chi connectivity index (χ1) is 20.6. The van der Waals surface area contributed by atoms with Crippen LogP contribution in [0, 0.1) is 0 Å². The highest BCUT2D eigenvalue weighted by atomic mass is 16.6. The van der Waals surface area contributed by atoms with Crippen LogP contribution in [-0.4, -0.2) is 100 Å². The van der Waals surface area contributed by atoms with Gasteiger partial charge in [-0.1, -0.05) is 24.3 Å². The number of ether oxygens (including phenoxy) is 2. The fraction of sp³-hybridized carbons (Fsp3) is 0.636. The highest BCUT2D eigenvalue weighted by Gasteiger charge is 2.46. The molecule has 10 nitrogen and oxygen atoms in total. The van der Waals surface area contributed by atoms with Gasteiger partial charge < -0.3 is 19.3 Å². The maximum Gasteiger partial charge on any atom is 0.410 e. The number of aromatic nitrogens is 2. The maximum absolute atomic E-state index is 13.1. The third-order valence-electron chi connectivity index (χ3n) is 9.95. The molecule has 230 valence electrons. The molecule has 3 fully saturated rings. The molecule has 2 bridgehead atoms. The van der Waals surface area contributed by atoms with Crippen molar-refractivity contribution in [3.8, 4) is 6.01 Å². The molecule has 3 saturated heterocycles. The number of likely N-dealkylation sites (N-methyl/N-ethyl adjacent to an activating group) is 1. The van der Waals surface area contributed by atoms with Crippen LogP contribution in [0.2, 0.25) is 0 Å². The number of likely N-dealkylation sites (tertiary alicyclic amines) is 1. The van der Waals surface area contributed by atoms with Gasteiger partial charge in [0.1, 0.15) is 18.0 Å². The topological polar surface area (TPSA) is 91.3 Å². The number of piperazine rings is 1. The van der Waals surface area contributed by atoms with Gasteiger partial charge in [0.15, 0.2) is 5.78 Å². The van der Waals surface area contributed by atoms with E-state index in [-0.39, 0.29) is 30.0 Å². The second-order valence-electron chi connectivity index (χ2n) is 14.0. The quantitative estimate of drug-likeness (QED) is 0.509. The zero-order chi connectivity index (χ0) is 29.9. The Bertz CT molecular complexity index is 1390. The van der Waals surface area contributed by atoms with E-state index in [0.29, 0.717) is 31.6 Å². The van der Waals surface area contributed by atoms with Gasteiger partial charge in [0, 0.05) is 55.8 Å². The van der Waals surface area contributed by atoms with E-state index in [1.807, 2.05) is 43.9 Å². The minimum atomic E-state index is -0.519. The van der Waals surface area contributed by atoms with E-state index in [0.717, 1.165) is 74.5 Å². The smallest absolute Gasteiger partial charge is 0.410 e. The molecule has 0 radical (unpaired) electrons. The van der Waals surface area contributed by atoms with E-state index >= 15 is 0 Å². The van der Waals surface area contributed by atoms with E-state index in [4.69, 9.17) is 19.4 Å². The Hall–Kier alpha value is -3.24. The van der Waals surface area contributed by atoms with Crippen LogP contribution in [0.5, 0.6) is 6.01 Å². The van der Waals surface area contributed by atoms with Crippen LogP contribution in [0.3, 0.4) is 0 Å². The summed E-state index contributed by atoms with van der Waals surface area (Å²) in [6.45, 7) is 10.4. The SMILES string of the molecule is CN1CCC[C@H]1COc1nc2c(c(N3CC4CCC(C3)N4C(=O)OC(C)(C)C)n1)CCN(C1CC(=O)c3ccccc31)C2. The van der Waals surface area contributed by atoms with E-state index in [1.54, 1.807) is 0 Å². The summed E-state index contributed by atoms with van der Waals surface area (Å²) >= 11 is 0. The Morgan fingerprint density at radius 3 is 2.53 bits per heavy atom. The van der Waals surface area contributed by atoms with E-state index < -0.39 is 5.60 Å². The van der Waals surface area contributed by atoms with Crippen LogP contribution in [0.25, 0.3) is 0 Å². The summed E-state index contributed by atoms with van der Waals surface area (Å²) in [4.78, 5) is 45.1. The average Bonchev–Trinajstić information content (AvgIpc) is 3.62. The van der Waals surface area contributed by atoms with Gasteiger partial charge in [0.2, 0.25) is 0 Å². The molecule has 1 aromatic heterocycles. The first kappa shape index (κ1) is 28.5. The molecular formula is C33H44N6O4. The zero-order valence-corrected chi connectivity index (χ0v) is 25.9. The number of Topliss-reactive ketones (excluding diaryl/α,β-unsaturated/α-hetero) is 1. The number of fused-ring (bicyclic) bond motifs is 4. The van der Waals surface area contributed by atoms with Crippen molar-refractivity contribution in [2.75, 3.05) is 44.7 Å². The van der Waals surface area contributed by atoms with Crippen molar-refractivity contribution in [3.05, 3.63) is 46.6 Å². The van der Waals surface area contributed by atoms with E-state index in [1.165, 1.54) is 12.0 Å². The summed E-state index contributed by atoms with van der Waals surface area (Å²) in [5.41, 5.74) is 3.62. The van der Waals surface area contributed by atoms with Gasteiger partial charge in [-0.2, -0.15) is 9.97 Å². The summed E-state index contributed by atoms with van der Waals surface area (Å²) in [6, 6.07) is 9.08. The van der Waals surface area contributed by atoms with Crippen LogP contribution >= 0.6 is 0 Å². The van der Waals surface area contributed by atoms with Gasteiger partial charge in [0.05, 0.1) is 17.8 Å². The number of benzene rings is 1. The molecule has 1 amide bonds. The minimum Gasteiger partial charge on any atom is -0.462 e. The van der Waals surface area contributed by atoms with E-state index in [9.17, 15) is 9.59 Å². The first-order valence-electron chi connectivity index (χ1n) is 16.0. The fourth-order valence-electron chi connectivity index (χ4n) is 7.81. The monoisotopic (exact) mass is 588 g/mol. The summed E-state index contributed by atoms with van der Waals surface area (Å²) in [7, 11) is 2.15. The predicted octanol–water partition coefficient (Wildman–Crippen LogP) is 4.22. The molecule has 0 spiro atoms. The predicted molar refractivity (Wildman–Crippen MR) is 163 cm³/mol. The number of anilines is 1. The number of hydrogen-bond acceptors (Lipinski definition) is 9. The summed E-state index contributed by atoms with van der Waals surface area (Å²) in [5, 5.41) is 0. The lowest BCUT2D eigenvalue weighted by atomic mass is 10.00. The molecule has 3 unspecified atom stereocenters. The molecule has 1 aromatic carbocycles. The Morgan fingerprint density at radius 2 is 1.81 bits per heavy atom. The van der Waals surface area contributed by atoms with Crippen LogP contribution in [0.4, 0.5) is 10.6 Å². The summed E-state index contributed by atoms with van der Waals surface area (Å²) < 4.78 is 12.1. The Labute approximate surface area is 254 Å². The molecule has 5 heterocycles. The maximum atomic E-state index is 13.1. The third-order valence-corrected chi connectivity index (χ3v) is 9.95. The number of hydrogen-bond donors (Lipinski definition) is 0. The van der Waals surface area contributed by atoms with Gasteiger partial charge in [-0.25, -0.2) is 4.79 Å². The van der Waals surface area contributed by atoms with Crippen molar-refractivity contribution in [3.63, 3.8) is 0 Å². The van der Waals surface area contributed by atoms with Gasteiger partial charge in [-0.15, -0.1) is 0 Å². The van der Waals surface area contributed by atoms with Crippen LogP contribution in [-0.2, 0) is 17.7 Å². The lowest BCUT2D eigenvalue weighted by Crippen LogP contribution is -2.57. The van der Waals surface area contributed by atoms with Crippen LogP contribution in [0.15, 0.2) is 24.3 Å². The molecule has 1 aliphatic carbocycles. The molecule has 2 aromatic rings. The van der Waals surface area contributed by atoms with E-state index in [2.05, 4.69) is 27.8 Å². The zero-order valence-electron chi connectivity index (χ0n) is 25.9. The number of amides is 1. The highest BCUT2D eigenvalue weighted by Crippen LogP contribution is 2.41. The van der Waals surface area contributed by atoms with Crippen LogP contribution in [0.1, 0.15) is 86.1 Å². The first-order valence-corrected chi connectivity index (χ1v) is 16.0. The van der Waals surface area contributed by atoms with Crippen molar-refractivity contribution in [2.45, 2.75) is 95.6 Å². The molecule has 0 N–H and O–H groups in total. The molecule has 5 aliphatic rings. The van der Waals surface area contributed by atoms with Gasteiger partial charge in [0.25, 0.3) is 0 Å². The fourth-order valence-corrected chi connectivity index (χ4v) is 7.81. The summed E-state index contributed by atoms with van der Waals surface area (Å²) in [5.74, 6) is 1.17. The summed E-state index contributed by atoms with van der Waals surface area (Å²) in [6.07, 6.45) is 5.35. The second-order valence-corrected chi connectivity index (χ2v) is 14.0. The molecule has 4 aliphatic heterocycles. The van der Waals surface area contributed by atoms with Crippen molar-refractivity contribution in [2.24, 2.45) is 0 Å². The molecule has 4 atom stereocenters. The van der Waals surface area contributed by atoms with Gasteiger partial charge in [-0.3, -0.25) is 14.6 Å². The second kappa shape index (κ2) is 11.0. The van der Waals surface area contributed by atoms with Crippen LogP contribution < -0.4 is 9.64 Å². The molecule has 0 saturated carbocycles. The Kier molecular flexibility index (Phi) is 7.32. The molecule has 43 heavy (non-hydrogen) atoms. The molecule has 7 rings (SSSR count). The number of rotatable bonds is 5. The van der Waals surface area contributed by atoms with Crippen molar-refractivity contribution >= 4 is 17.7 Å². The standard InChI is InChI=1S/C33H44N6O4/c1-33(2,3)43-32(41)39-21-11-12-22(39)18-38(17-21)30-26-13-15-37(28-16-29(40)25-10-6-5-9-24(25)28)19-27(26)34-31(35-30)42-20-23-8-7-14-36(23)4/h5-6,9-10,21-23,28H,7-8,11-20H2,1-4H3/t21?,22?,23-,28?/m0/s1. The van der Waals surface area contributed by atoms with Gasteiger partial charge >= 0.3 is 12.1 Å². The normalized spacial score (nSPS) is 27.4. The Balaban J connectivity index is 1.16. The number of carbonyl (C=O) groups excluding carboxylic acids is 2. The van der Waals surface area contributed by atoms with Crippen molar-refractivity contribution in [1.29, 1.82) is 0 Å². The molecule has 10 heteroatoms. The van der Waals surface area contributed by atoms with Crippen molar-refractivity contribution in [1.82, 2.24) is 24.7 Å². The largest absolute Gasteiger partial charge is 0.462 e. The molecular weight excluding hydrogens is 544 g/mol. The van der Waals surface area contributed by atoms with Gasteiger partial charge in [-0.05, 0) is 72.0 Å². The average molecular weight is 589 g/mol. The van der Waals surface area contributed by atoms with Crippen molar-refractivity contribution < 1.29 is 19.1 Å². The number of carbonyl (C=O) groups is 2. The Morgan fingerprint density at radius 1 is 1.05 bits per heavy atom. The lowest BCUT2D eigenvalue weighted by molar-refractivity contribution is 0.0122. The number of nitrogens with zero attached hydrogens (tertiary/aromatic N) is 6.